The second-order valence-corrected chi connectivity index (χ2v) is 11.6. The van der Waals surface area contributed by atoms with Crippen LogP contribution in [0.25, 0.3) is 10.6 Å². The zero-order valence-electron chi connectivity index (χ0n) is 23.5. The molecule has 0 aliphatic heterocycles. The summed E-state index contributed by atoms with van der Waals surface area (Å²) in [7, 11) is 0. The Morgan fingerprint density at radius 2 is 0.781 bits per heavy atom. The molecule has 0 aromatic heterocycles. The van der Waals surface area contributed by atoms with Crippen LogP contribution in [0.15, 0.2) is 0 Å². The molecule has 32 heavy (non-hydrogen) atoms. The van der Waals surface area contributed by atoms with Crippen LogP contribution in [0.4, 0.5) is 0 Å². The molecule has 3 heteroatoms. The topological polar surface area (TPSA) is 28.2 Å². The molecule has 2 aliphatic rings. The average molecular weight is 483 g/mol. The van der Waals surface area contributed by atoms with E-state index in [1.165, 1.54) is 38.5 Å². The van der Waals surface area contributed by atoms with Crippen molar-refractivity contribution in [1.29, 1.82) is 0 Å². The van der Waals surface area contributed by atoms with E-state index < -0.39 is 0 Å². The minimum atomic E-state index is 0. The van der Waals surface area contributed by atoms with Crippen LogP contribution in [-0.2, 0) is 21.7 Å². The molecule has 2 saturated carbocycles. The molecule has 0 radical (unpaired) electrons. The maximum atomic E-state index is 5.32. The maximum absolute atomic E-state index is 5.32. The first-order valence-electron chi connectivity index (χ1n) is 13.1. The van der Waals surface area contributed by atoms with Crippen LogP contribution < -0.4 is 0 Å². The fraction of sp³-hybridized carbons (Fsp3) is 0.931. The van der Waals surface area contributed by atoms with E-state index in [4.69, 9.17) is 10.6 Å². The molecular weight excluding hydrogens is 424 g/mol. The van der Waals surface area contributed by atoms with Crippen molar-refractivity contribution in [1.82, 2.24) is 0 Å². The fourth-order valence-electron chi connectivity index (χ4n) is 6.50. The van der Waals surface area contributed by atoms with Gasteiger partial charge < -0.3 is 25.5 Å². The first-order valence-corrected chi connectivity index (χ1v) is 13.1. The quantitative estimate of drug-likeness (QED) is 0.169. The van der Waals surface area contributed by atoms with Crippen molar-refractivity contribution in [2.24, 2.45) is 47.3 Å². The summed E-state index contributed by atoms with van der Waals surface area (Å²) in [6.07, 6.45) is 9.49. The molecule has 0 N–H and O–H groups in total. The van der Waals surface area contributed by atoms with Gasteiger partial charge in [-0.15, -0.1) is 12.1 Å². The van der Waals surface area contributed by atoms with Gasteiger partial charge in [0, 0.05) is 0 Å². The van der Waals surface area contributed by atoms with Crippen molar-refractivity contribution < 1.29 is 21.7 Å². The van der Waals surface area contributed by atoms with Gasteiger partial charge in [0.25, 0.3) is 0 Å². The second kappa shape index (κ2) is 17.1. The fourth-order valence-corrected chi connectivity index (χ4v) is 6.50. The van der Waals surface area contributed by atoms with E-state index in [1.54, 1.807) is 0 Å². The molecule has 0 bridgehead atoms. The van der Waals surface area contributed by atoms with Crippen molar-refractivity contribution in [2.75, 3.05) is 13.1 Å². The summed E-state index contributed by atoms with van der Waals surface area (Å²) in [4.78, 5) is 0. The van der Waals surface area contributed by atoms with Crippen LogP contribution in [0, 0.1) is 62.2 Å². The van der Waals surface area contributed by atoms with Crippen molar-refractivity contribution >= 4 is 0 Å². The van der Waals surface area contributed by atoms with Gasteiger partial charge in [0.15, 0.2) is 0 Å². The van der Waals surface area contributed by atoms with Crippen molar-refractivity contribution in [3.05, 3.63) is 25.5 Å². The van der Waals surface area contributed by atoms with Gasteiger partial charge in [-0.05, 0) is 23.7 Å². The first kappa shape index (κ1) is 34.8. The molecule has 0 aromatic carbocycles. The third-order valence-corrected chi connectivity index (χ3v) is 8.33. The van der Waals surface area contributed by atoms with Crippen LogP contribution in [0.2, 0.25) is 0 Å². The summed E-state index contributed by atoms with van der Waals surface area (Å²) in [6.45, 7) is 21.3. The van der Waals surface area contributed by atoms with Gasteiger partial charge in [0.2, 0.25) is 0 Å². The van der Waals surface area contributed by atoms with E-state index in [1.807, 2.05) is 0 Å². The third-order valence-electron chi connectivity index (χ3n) is 8.33. The number of nitrogens with zero attached hydrogens (tertiary/aromatic N) is 2. The van der Waals surface area contributed by atoms with Gasteiger partial charge >= 0.3 is 21.7 Å². The van der Waals surface area contributed by atoms with E-state index in [0.717, 1.165) is 66.9 Å². The summed E-state index contributed by atoms with van der Waals surface area (Å²) in [5.74, 6) is 6.21. The molecule has 2 aliphatic carbocycles. The molecule has 4 unspecified atom stereocenters. The Balaban J connectivity index is 0. The minimum absolute atomic E-state index is 0. The molecule has 0 saturated heterocycles. The summed E-state index contributed by atoms with van der Waals surface area (Å²) in [5.41, 5.74) is 0. The first-order chi connectivity index (χ1) is 13.7. The van der Waals surface area contributed by atoms with E-state index in [-0.39, 0.29) is 36.6 Å². The Hall–Kier alpha value is 0.634. The van der Waals surface area contributed by atoms with Gasteiger partial charge in [-0.25, -0.2) is 0 Å². The SMILES string of the molecule is CC(C)C1CCCC(C(C)C)C1[N-]CCC[N-]C1C(C(C)C)CCCC1C(C)C.[CH3-].[CH3-].[Ti+4]. The van der Waals surface area contributed by atoms with Crippen molar-refractivity contribution in [3.8, 4) is 0 Å². The minimum Gasteiger partial charge on any atom is -0.659 e. The molecule has 0 amide bonds. The Kier molecular flexibility index (Phi) is 18.6. The van der Waals surface area contributed by atoms with Gasteiger partial charge in [-0.3, -0.25) is 0 Å². The Morgan fingerprint density at radius 1 is 0.531 bits per heavy atom. The molecule has 0 spiro atoms. The Bertz CT molecular complexity index is 376. The second-order valence-electron chi connectivity index (χ2n) is 11.6. The number of hydrogen-bond acceptors (Lipinski definition) is 0. The predicted octanol–water partition coefficient (Wildman–Crippen LogP) is 9.22. The molecule has 2 fully saturated rings. The zero-order chi connectivity index (χ0) is 21.6. The average Bonchev–Trinajstić information content (AvgIpc) is 2.66. The number of rotatable bonds is 10. The van der Waals surface area contributed by atoms with Crippen molar-refractivity contribution in [2.45, 2.75) is 112 Å². The molecule has 188 valence electrons. The molecule has 0 heterocycles. The summed E-state index contributed by atoms with van der Waals surface area (Å²) in [6, 6.07) is 1.18. The van der Waals surface area contributed by atoms with Crippen LogP contribution in [-0.4, -0.2) is 25.2 Å². The van der Waals surface area contributed by atoms with E-state index in [0.29, 0.717) is 12.1 Å². The summed E-state index contributed by atoms with van der Waals surface area (Å²) in [5, 5.41) is 10.6. The smallest absolute Gasteiger partial charge is 0.659 e. The third kappa shape index (κ3) is 9.71. The van der Waals surface area contributed by atoms with E-state index >= 15 is 0 Å². The summed E-state index contributed by atoms with van der Waals surface area (Å²) >= 11 is 0. The molecule has 4 atom stereocenters. The molecule has 0 aromatic rings. The van der Waals surface area contributed by atoms with E-state index in [9.17, 15) is 0 Å². The Morgan fingerprint density at radius 3 is 1.00 bits per heavy atom. The maximum Gasteiger partial charge on any atom is 4.00 e. The van der Waals surface area contributed by atoms with Gasteiger partial charge in [0.1, 0.15) is 0 Å². The Labute approximate surface area is 219 Å². The van der Waals surface area contributed by atoms with Crippen LogP contribution in [0.5, 0.6) is 0 Å². The predicted molar refractivity (Wildman–Crippen MR) is 142 cm³/mol. The van der Waals surface area contributed by atoms with E-state index in [2.05, 4.69) is 55.4 Å². The largest absolute Gasteiger partial charge is 4.00 e. The van der Waals surface area contributed by atoms with Crippen LogP contribution in [0.1, 0.15) is 100 Å². The number of hydrogen-bond donors (Lipinski definition) is 0. The molecule has 2 nitrogen and oxygen atoms in total. The van der Waals surface area contributed by atoms with Crippen LogP contribution >= 0.6 is 0 Å². The normalized spacial score (nSPS) is 30.8. The van der Waals surface area contributed by atoms with Gasteiger partial charge in [0.05, 0.1) is 0 Å². The zero-order valence-corrected chi connectivity index (χ0v) is 25.1. The summed E-state index contributed by atoms with van der Waals surface area (Å²) < 4.78 is 0. The monoisotopic (exact) mass is 482 g/mol. The molecular formula is C29H58N2Ti. The standard InChI is InChI=1S/C27H52N2.2CH3.Ti/c1-18(2)22-12-9-13-23(19(3)4)26(22)28-16-11-17-29-27-24(20(5)6)14-10-15-25(27)21(7)8;;;/h18-27H,9-17H2,1-8H3;2*1H3;/q-2;2*-1;+4. The van der Waals surface area contributed by atoms with Gasteiger partial charge in [-0.2, -0.15) is 13.1 Å². The molecule has 2 rings (SSSR count). The van der Waals surface area contributed by atoms with Gasteiger partial charge in [-0.1, -0.05) is 124 Å². The van der Waals surface area contributed by atoms with Crippen molar-refractivity contribution in [3.63, 3.8) is 0 Å². The van der Waals surface area contributed by atoms with Crippen LogP contribution in [0.3, 0.4) is 0 Å².